The average molecular weight is 210 g/mol. The van der Waals surface area contributed by atoms with Crippen molar-refractivity contribution in [2.45, 2.75) is 26.8 Å². The van der Waals surface area contributed by atoms with Gasteiger partial charge in [-0.05, 0) is 19.4 Å². The van der Waals surface area contributed by atoms with E-state index in [4.69, 9.17) is 10.5 Å². The highest BCUT2D eigenvalue weighted by Gasteiger charge is 2.02. The molecule has 0 unspecified atom stereocenters. The molecule has 0 amide bonds. The molecular weight excluding hydrogens is 192 g/mol. The summed E-state index contributed by atoms with van der Waals surface area (Å²) in [5.41, 5.74) is 7.14. The maximum atomic E-state index is 11.5. The predicted molar refractivity (Wildman–Crippen MR) is 61.0 cm³/mol. The van der Waals surface area contributed by atoms with Gasteiger partial charge in [-0.2, -0.15) is 0 Å². The van der Waals surface area contributed by atoms with Crippen LogP contribution in [0, 0.1) is 6.92 Å². The van der Waals surface area contributed by atoms with Crippen molar-refractivity contribution >= 4 is 5.69 Å². The number of aromatic nitrogens is 1. The molecule has 4 heteroatoms. The van der Waals surface area contributed by atoms with Gasteiger partial charge in [0.25, 0.3) is 5.56 Å². The quantitative estimate of drug-likeness (QED) is 0.742. The monoisotopic (exact) mass is 210 g/mol. The molecule has 0 saturated heterocycles. The lowest BCUT2D eigenvalue weighted by atomic mass is 10.3. The van der Waals surface area contributed by atoms with Crippen LogP contribution in [0.3, 0.4) is 0 Å². The second kappa shape index (κ2) is 5.56. The molecule has 1 rings (SSSR count). The Kier molecular flexibility index (Phi) is 4.37. The van der Waals surface area contributed by atoms with Crippen molar-refractivity contribution in [2.24, 2.45) is 0 Å². The summed E-state index contributed by atoms with van der Waals surface area (Å²) in [7, 11) is 0. The minimum Gasteiger partial charge on any atom is -0.397 e. The summed E-state index contributed by atoms with van der Waals surface area (Å²) in [6.45, 7) is 5.75. The maximum absolute atomic E-state index is 11.5. The third-order valence-electron chi connectivity index (χ3n) is 2.30. The zero-order chi connectivity index (χ0) is 11.3. The standard InChI is InChI=1S/C11H18N2O2/c1-3-7-15-8-6-13-9(2)10(12)4-5-11(13)14/h4-5H,3,6-8,12H2,1-2H3. The molecule has 0 radical (unpaired) electrons. The SMILES string of the molecule is CCCOCCn1c(C)c(N)ccc1=O. The molecule has 4 nitrogen and oxygen atoms in total. The molecule has 0 atom stereocenters. The number of rotatable bonds is 5. The molecule has 1 aromatic heterocycles. The number of ether oxygens (including phenoxy) is 1. The van der Waals surface area contributed by atoms with Gasteiger partial charge in [0.2, 0.25) is 0 Å². The van der Waals surface area contributed by atoms with E-state index in [1.165, 1.54) is 6.07 Å². The Balaban J connectivity index is 2.68. The summed E-state index contributed by atoms with van der Waals surface area (Å²) < 4.78 is 6.98. The third kappa shape index (κ3) is 3.09. The van der Waals surface area contributed by atoms with Gasteiger partial charge in [-0.15, -0.1) is 0 Å². The summed E-state index contributed by atoms with van der Waals surface area (Å²) in [6, 6.07) is 3.13. The Morgan fingerprint density at radius 1 is 1.40 bits per heavy atom. The molecule has 0 saturated carbocycles. The summed E-state index contributed by atoms with van der Waals surface area (Å²) >= 11 is 0. The van der Waals surface area contributed by atoms with Crippen LogP contribution in [-0.2, 0) is 11.3 Å². The Labute approximate surface area is 89.7 Å². The van der Waals surface area contributed by atoms with Crippen molar-refractivity contribution in [3.8, 4) is 0 Å². The van der Waals surface area contributed by atoms with Gasteiger partial charge in [-0.25, -0.2) is 0 Å². The zero-order valence-corrected chi connectivity index (χ0v) is 9.32. The minimum atomic E-state index is -0.0261. The lowest BCUT2D eigenvalue weighted by molar-refractivity contribution is 0.126. The molecule has 1 aromatic rings. The summed E-state index contributed by atoms with van der Waals surface area (Å²) in [4.78, 5) is 11.5. The Morgan fingerprint density at radius 2 is 2.13 bits per heavy atom. The van der Waals surface area contributed by atoms with E-state index >= 15 is 0 Å². The van der Waals surface area contributed by atoms with E-state index in [9.17, 15) is 4.79 Å². The fourth-order valence-corrected chi connectivity index (χ4v) is 1.37. The van der Waals surface area contributed by atoms with E-state index in [-0.39, 0.29) is 5.56 Å². The van der Waals surface area contributed by atoms with Crippen LogP contribution in [0.5, 0.6) is 0 Å². The van der Waals surface area contributed by atoms with Crippen molar-refractivity contribution in [3.05, 3.63) is 28.2 Å². The number of anilines is 1. The van der Waals surface area contributed by atoms with Gasteiger partial charge < -0.3 is 15.0 Å². The van der Waals surface area contributed by atoms with E-state index in [1.807, 2.05) is 6.92 Å². The highest BCUT2D eigenvalue weighted by molar-refractivity contribution is 5.41. The lowest BCUT2D eigenvalue weighted by Crippen LogP contribution is -2.24. The molecule has 0 spiro atoms. The van der Waals surface area contributed by atoms with E-state index in [0.717, 1.165) is 18.7 Å². The molecule has 84 valence electrons. The Morgan fingerprint density at radius 3 is 2.80 bits per heavy atom. The first-order chi connectivity index (χ1) is 7.16. The van der Waals surface area contributed by atoms with Gasteiger partial charge >= 0.3 is 0 Å². The molecule has 0 aliphatic rings. The van der Waals surface area contributed by atoms with E-state index in [1.54, 1.807) is 10.6 Å². The molecule has 2 N–H and O–H groups in total. The smallest absolute Gasteiger partial charge is 0.250 e. The topological polar surface area (TPSA) is 57.2 Å². The second-order valence-electron chi connectivity index (χ2n) is 3.48. The van der Waals surface area contributed by atoms with Crippen LogP contribution in [0.4, 0.5) is 5.69 Å². The highest BCUT2D eigenvalue weighted by Crippen LogP contribution is 2.05. The van der Waals surface area contributed by atoms with Crippen molar-refractivity contribution < 1.29 is 4.74 Å². The summed E-state index contributed by atoms with van der Waals surface area (Å²) in [5, 5.41) is 0. The van der Waals surface area contributed by atoms with Crippen LogP contribution in [-0.4, -0.2) is 17.8 Å². The first-order valence-electron chi connectivity index (χ1n) is 5.20. The van der Waals surface area contributed by atoms with Crippen LogP contribution in [0.15, 0.2) is 16.9 Å². The van der Waals surface area contributed by atoms with Crippen molar-refractivity contribution in [1.82, 2.24) is 4.57 Å². The molecule has 1 heterocycles. The van der Waals surface area contributed by atoms with E-state index in [2.05, 4.69) is 6.92 Å². The van der Waals surface area contributed by atoms with Gasteiger partial charge in [0.05, 0.1) is 12.3 Å². The van der Waals surface area contributed by atoms with Crippen LogP contribution in [0.1, 0.15) is 19.0 Å². The zero-order valence-electron chi connectivity index (χ0n) is 9.32. The molecule has 15 heavy (non-hydrogen) atoms. The fourth-order valence-electron chi connectivity index (χ4n) is 1.37. The predicted octanol–water partition coefficient (Wildman–Crippen LogP) is 1.17. The minimum absolute atomic E-state index is 0.0261. The molecule has 0 bridgehead atoms. The molecule has 0 aliphatic heterocycles. The molecule has 0 aliphatic carbocycles. The van der Waals surface area contributed by atoms with Gasteiger partial charge in [0, 0.05) is 24.9 Å². The lowest BCUT2D eigenvalue weighted by Gasteiger charge is -2.11. The molecular formula is C11H18N2O2. The normalized spacial score (nSPS) is 10.5. The van der Waals surface area contributed by atoms with Gasteiger partial charge in [-0.3, -0.25) is 4.79 Å². The number of nitrogen functional groups attached to an aromatic ring is 1. The summed E-state index contributed by atoms with van der Waals surface area (Å²) in [5.74, 6) is 0. The number of nitrogens with two attached hydrogens (primary N) is 1. The molecule has 0 fully saturated rings. The van der Waals surface area contributed by atoms with Crippen LogP contribution < -0.4 is 11.3 Å². The van der Waals surface area contributed by atoms with Gasteiger partial charge in [-0.1, -0.05) is 6.92 Å². The molecule has 0 aromatic carbocycles. The van der Waals surface area contributed by atoms with Crippen LogP contribution in [0.25, 0.3) is 0 Å². The van der Waals surface area contributed by atoms with E-state index < -0.39 is 0 Å². The van der Waals surface area contributed by atoms with Crippen LogP contribution in [0.2, 0.25) is 0 Å². The van der Waals surface area contributed by atoms with Gasteiger partial charge in [0.1, 0.15) is 0 Å². The van der Waals surface area contributed by atoms with Crippen molar-refractivity contribution in [2.75, 3.05) is 18.9 Å². The van der Waals surface area contributed by atoms with Gasteiger partial charge in [0.15, 0.2) is 0 Å². The third-order valence-corrected chi connectivity index (χ3v) is 2.30. The number of hydrogen-bond donors (Lipinski definition) is 1. The Bertz CT molecular complexity index is 371. The number of pyridine rings is 1. The van der Waals surface area contributed by atoms with Crippen molar-refractivity contribution in [1.29, 1.82) is 0 Å². The first kappa shape index (κ1) is 11.8. The summed E-state index contributed by atoms with van der Waals surface area (Å²) in [6.07, 6.45) is 0.991. The fraction of sp³-hybridized carbons (Fsp3) is 0.545. The second-order valence-corrected chi connectivity index (χ2v) is 3.48. The largest absolute Gasteiger partial charge is 0.397 e. The maximum Gasteiger partial charge on any atom is 0.250 e. The first-order valence-corrected chi connectivity index (χ1v) is 5.20. The highest BCUT2D eigenvalue weighted by atomic mass is 16.5. The number of nitrogens with zero attached hydrogens (tertiary/aromatic N) is 1. The van der Waals surface area contributed by atoms with Crippen LogP contribution >= 0.6 is 0 Å². The van der Waals surface area contributed by atoms with E-state index in [0.29, 0.717) is 18.8 Å². The number of hydrogen-bond acceptors (Lipinski definition) is 3. The van der Waals surface area contributed by atoms with Crippen molar-refractivity contribution in [3.63, 3.8) is 0 Å². The average Bonchev–Trinajstić information content (AvgIpc) is 2.23. The Hall–Kier alpha value is -1.29.